The van der Waals surface area contributed by atoms with Crippen molar-refractivity contribution in [2.45, 2.75) is 6.92 Å². The molecule has 3 N–H and O–H groups in total. The number of esters is 1. The average molecular weight is 271 g/mol. The lowest BCUT2D eigenvalue weighted by molar-refractivity contribution is -0.145. The number of para-hydroxylation sites is 1. The quantitative estimate of drug-likeness (QED) is 0.828. The van der Waals surface area contributed by atoms with Crippen LogP contribution in [-0.4, -0.2) is 17.7 Å². The SMILES string of the molecule is CCOC(=O)C1C=CC(N)=CC1=Cc1ccccc1O. The number of aromatic hydroxyl groups is 1. The number of hydrogen-bond acceptors (Lipinski definition) is 4. The van der Waals surface area contributed by atoms with E-state index in [4.69, 9.17) is 10.5 Å². The monoisotopic (exact) mass is 271 g/mol. The van der Waals surface area contributed by atoms with Crippen LogP contribution in [0.2, 0.25) is 0 Å². The fourth-order valence-electron chi connectivity index (χ4n) is 2.02. The highest BCUT2D eigenvalue weighted by Gasteiger charge is 2.23. The summed E-state index contributed by atoms with van der Waals surface area (Å²) in [4.78, 5) is 11.9. The van der Waals surface area contributed by atoms with Gasteiger partial charge in [-0.2, -0.15) is 0 Å². The van der Waals surface area contributed by atoms with Gasteiger partial charge in [-0.05, 0) is 36.8 Å². The van der Waals surface area contributed by atoms with Gasteiger partial charge in [-0.25, -0.2) is 0 Å². The number of phenols is 1. The molecule has 0 fully saturated rings. The highest BCUT2D eigenvalue weighted by Crippen LogP contribution is 2.27. The molecule has 2 rings (SSSR count). The van der Waals surface area contributed by atoms with Gasteiger partial charge in [0.15, 0.2) is 0 Å². The van der Waals surface area contributed by atoms with E-state index in [0.29, 0.717) is 23.4 Å². The maximum absolute atomic E-state index is 11.9. The molecule has 0 amide bonds. The molecule has 1 aromatic rings. The Morgan fingerprint density at radius 3 is 2.90 bits per heavy atom. The van der Waals surface area contributed by atoms with Gasteiger partial charge in [0.25, 0.3) is 0 Å². The summed E-state index contributed by atoms with van der Waals surface area (Å²) >= 11 is 0. The number of carbonyl (C=O) groups is 1. The largest absolute Gasteiger partial charge is 0.507 e. The fourth-order valence-corrected chi connectivity index (χ4v) is 2.02. The predicted molar refractivity (Wildman–Crippen MR) is 77.6 cm³/mol. The highest BCUT2D eigenvalue weighted by molar-refractivity contribution is 5.82. The van der Waals surface area contributed by atoms with Gasteiger partial charge >= 0.3 is 5.97 Å². The number of rotatable bonds is 3. The lowest BCUT2D eigenvalue weighted by Crippen LogP contribution is -2.20. The van der Waals surface area contributed by atoms with Gasteiger partial charge in [0.2, 0.25) is 0 Å². The predicted octanol–water partition coefficient (Wildman–Crippen LogP) is 2.37. The van der Waals surface area contributed by atoms with E-state index in [0.717, 1.165) is 0 Å². The zero-order valence-corrected chi connectivity index (χ0v) is 11.2. The molecule has 0 aliphatic heterocycles. The maximum Gasteiger partial charge on any atom is 0.317 e. The first kappa shape index (κ1) is 13.9. The van der Waals surface area contributed by atoms with Crippen molar-refractivity contribution in [3.05, 3.63) is 59.3 Å². The summed E-state index contributed by atoms with van der Waals surface area (Å²) in [5.74, 6) is -0.667. The fraction of sp³-hybridized carbons (Fsp3) is 0.188. The third kappa shape index (κ3) is 3.09. The second-order valence-electron chi connectivity index (χ2n) is 4.44. The Kier molecular flexibility index (Phi) is 4.25. The van der Waals surface area contributed by atoms with Crippen LogP contribution in [0, 0.1) is 5.92 Å². The molecule has 0 heterocycles. The molecule has 0 radical (unpaired) electrons. The molecular formula is C16H17NO3. The van der Waals surface area contributed by atoms with E-state index in [9.17, 15) is 9.90 Å². The van der Waals surface area contributed by atoms with Crippen LogP contribution in [0.3, 0.4) is 0 Å². The summed E-state index contributed by atoms with van der Waals surface area (Å²) in [7, 11) is 0. The van der Waals surface area contributed by atoms with Gasteiger partial charge in [-0.3, -0.25) is 4.79 Å². The zero-order chi connectivity index (χ0) is 14.5. The molecule has 20 heavy (non-hydrogen) atoms. The van der Waals surface area contributed by atoms with Crippen molar-refractivity contribution in [2.75, 3.05) is 6.61 Å². The van der Waals surface area contributed by atoms with Crippen molar-refractivity contribution in [1.29, 1.82) is 0 Å². The molecule has 104 valence electrons. The van der Waals surface area contributed by atoms with Crippen molar-refractivity contribution in [2.24, 2.45) is 11.7 Å². The van der Waals surface area contributed by atoms with Crippen LogP contribution in [0.1, 0.15) is 12.5 Å². The molecule has 0 bridgehead atoms. The van der Waals surface area contributed by atoms with E-state index in [1.54, 1.807) is 49.4 Å². The number of ether oxygens (including phenoxy) is 1. The smallest absolute Gasteiger partial charge is 0.317 e. The molecule has 0 saturated heterocycles. The zero-order valence-electron chi connectivity index (χ0n) is 11.2. The molecular weight excluding hydrogens is 254 g/mol. The normalized spacial score (nSPS) is 19.8. The molecule has 0 aromatic heterocycles. The van der Waals surface area contributed by atoms with E-state index in [-0.39, 0.29) is 11.7 Å². The molecule has 1 atom stereocenters. The van der Waals surface area contributed by atoms with E-state index >= 15 is 0 Å². The average Bonchev–Trinajstić information content (AvgIpc) is 2.42. The molecule has 1 aromatic carbocycles. The molecule has 1 unspecified atom stereocenters. The Morgan fingerprint density at radius 1 is 1.45 bits per heavy atom. The first-order valence-corrected chi connectivity index (χ1v) is 6.43. The first-order chi connectivity index (χ1) is 9.61. The summed E-state index contributed by atoms with van der Waals surface area (Å²) in [6.45, 7) is 2.09. The van der Waals surface area contributed by atoms with Gasteiger partial charge in [0, 0.05) is 11.3 Å². The van der Waals surface area contributed by atoms with Gasteiger partial charge in [0.1, 0.15) is 11.7 Å². The first-order valence-electron chi connectivity index (χ1n) is 6.43. The van der Waals surface area contributed by atoms with Crippen molar-refractivity contribution >= 4 is 12.0 Å². The highest BCUT2D eigenvalue weighted by atomic mass is 16.5. The Morgan fingerprint density at radius 2 is 2.20 bits per heavy atom. The Labute approximate surface area is 117 Å². The number of carbonyl (C=O) groups excluding carboxylic acids is 1. The van der Waals surface area contributed by atoms with Gasteiger partial charge in [0.05, 0.1) is 6.61 Å². The van der Waals surface area contributed by atoms with Gasteiger partial charge in [-0.1, -0.05) is 24.3 Å². The van der Waals surface area contributed by atoms with E-state index in [2.05, 4.69) is 0 Å². The van der Waals surface area contributed by atoms with Crippen molar-refractivity contribution in [1.82, 2.24) is 0 Å². The number of phenolic OH excluding ortho intramolecular Hbond substituents is 1. The number of allylic oxidation sites excluding steroid dienone is 2. The van der Waals surface area contributed by atoms with Crippen molar-refractivity contribution in [3.8, 4) is 5.75 Å². The summed E-state index contributed by atoms with van der Waals surface area (Å²) < 4.78 is 5.05. The van der Waals surface area contributed by atoms with Crippen LogP contribution in [0.4, 0.5) is 0 Å². The molecule has 4 nitrogen and oxygen atoms in total. The second kappa shape index (κ2) is 6.10. The summed E-state index contributed by atoms with van der Waals surface area (Å²) in [6, 6.07) is 6.92. The third-order valence-electron chi connectivity index (χ3n) is 2.97. The van der Waals surface area contributed by atoms with Crippen LogP contribution >= 0.6 is 0 Å². The maximum atomic E-state index is 11.9. The lowest BCUT2D eigenvalue weighted by Gasteiger charge is -2.17. The van der Waals surface area contributed by atoms with Crippen LogP contribution in [-0.2, 0) is 9.53 Å². The van der Waals surface area contributed by atoms with Crippen LogP contribution in [0.25, 0.3) is 6.08 Å². The minimum absolute atomic E-state index is 0.157. The summed E-state index contributed by atoms with van der Waals surface area (Å²) in [6.07, 6.45) is 6.85. The Bertz CT molecular complexity index is 599. The van der Waals surface area contributed by atoms with Crippen LogP contribution in [0.15, 0.2) is 53.8 Å². The Balaban J connectivity index is 2.37. The Hall–Kier alpha value is -2.49. The third-order valence-corrected chi connectivity index (χ3v) is 2.97. The molecule has 0 spiro atoms. The molecule has 4 heteroatoms. The van der Waals surface area contributed by atoms with E-state index in [1.165, 1.54) is 0 Å². The van der Waals surface area contributed by atoms with Crippen molar-refractivity contribution < 1.29 is 14.6 Å². The van der Waals surface area contributed by atoms with Gasteiger partial charge in [-0.15, -0.1) is 0 Å². The van der Waals surface area contributed by atoms with Gasteiger partial charge < -0.3 is 15.6 Å². The molecule has 0 saturated carbocycles. The van der Waals surface area contributed by atoms with Crippen molar-refractivity contribution in [3.63, 3.8) is 0 Å². The lowest BCUT2D eigenvalue weighted by atomic mass is 9.91. The topological polar surface area (TPSA) is 72.5 Å². The second-order valence-corrected chi connectivity index (χ2v) is 4.44. The summed E-state index contributed by atoms with van der Waals surface area (Å²) in [5, 5.41) is 9.80. The van der Waals surface area contributed by atoms with Crippen LogP contribution in [0.5, 0.6) is 5.75 Å². The number of benzene rings is 1. The minimum atomic E-state index is -0.498. The van der Waals surface area contributed by atoms with E-state index < -0.39 is 5.92 Å². The standard InChI is InChI=1S/C16H17NO3/c1-2-20-16(19)14-8-7-13(17)10-12(14)9-11-5-3-4-6-15(11)18/h3-10,14,18H,2,17H2,1H3. The van der Waals surface area contributed by atoms with E-state index in [1.807, 2.05) is 6.07 Å². The number of nitrogens with two attached hydrogens (primary N) is 1. The van der Waals surface area contributed by atoms with Crippen LogP contribution < -0.4 is 5.73 Å². The molecule has 1 aliphatic carbocycles. The minimum Gasteiger partial charge on any atom is -0.507 e. The number of hydrogen-bond donors (Lipinski definition) is 2. The summed E-state index contributed by atoms with van der Waals surface area (Å²) in [5.41, 5.74) is 7.67. The molecule has 1 aliphatic rings.